The second-order valence-electron chi connectivity index (χ2n) is 4.40. The third kappa shape index (κ3) is 1.32. The predicted molar refractivity (Wildman–Crippen MR) is 61.2 cm³/mol. The Morgan fingerprint density at radius 1 is 1.47 bits per heavy atom. The summed E-state index contributed by atoms with van der Waals surface area (Å²) in [4.78, 5) is 14.3. The van der Waals surface area contributed by atoms with Crippen molar-refractivity contribution in [3.8, 4) is 0 Å². The Labute approximate surface area is 93.1 Å². The molecule has 0 aromatic carbocycles. The second-order valence-corrected chi connectivity index (χ2v) is 5.18. The molecular weight excluding hydrogens is 208 g/mol. The molecule has 1 spiro atoms. The Morgan fingerprint density at radius 2 is 2.40 bits per heavy atom. The van der Waals surface area contributed by atoms with Crippen molar-refractivity contribution in [2.45, 2.75) is 12.8 Å². The Bertz CT molecular complexity index is 368. The highest BCUT2D eigenvalue weighted by Crippen LogP contribution is 2.39. The van der Waals surface area contributed by atoms with Crippen LogP contribution in [0, 0.1) is 5.41 Å². The molecule has 0 aliphatic carbocycles. The fourth-order valence-corrected chi connectivity index (χ4v) is 3.26. The number of amides is 1. The first-order valence-electron chi connectivity index (χ1n) is 5.37. The smallest absolute Gasteiger partial charge is 0.234 e. The van der Waals surface area contributed by atoms with E-state index in [4.69, 9.17) is 0 Å². The van der Waals surface area contributed by atoms with Gasteiger partial charge in [-0.3, -0.25) is 4.79 Å². The lowest BCUT2D eigenvalue weighted by Crippen LogP contribution is -2.35. The summed E-state index contributed by atoms with van der Waals surface area (Å²) < 4.78 is 0. The van der Waals surface area contributed by atoms with Crippen molar-refractivity contribution in [1.82, 2.24) is 5.32 Å². The summed E-state index contributed by atoms with van der Waals surface area (Å²) in [5.74, 6) is 0.325. The zero-order chi connectivity index (χ0) is 10.3. The quantitative estimate of drug-likeness (QED) is 0.780. The van der Waals surface area contributed by atoms with E-state index in [0.717, 1.165) is 38.2 Å². The molecule has 2 aliphatic rings. The average Bonchev–Trinajstić information content (AvgIpc) is 2.93. The number of rotatable bonds is 1. The lowest BCUT2D eigenvalue weighted by molar-refractivity contribution is -0.124. The average molecular weight is 222 g/mol. The summed E-state index contributed by atoms with van der Waals surface area (Å²) in [6.45, 7) is 2.74. The topological polar surface area (TPSA) is 32.3 Å². The van der Waals surface area contributed by atoms with Crippen LogP contribution >= 0.6 is 11.3 Å². The highest BCUT2D eigenvalue weighted by atomic mass is 32.1. The van der Waals surface area contributed by atoms with Gasteiger partial charge in [-0.05, 0) is 30.8 Å². The molecule has 3 nitrogen and oxygen atoms in total. The molecule has 0 saturated carbocycles. The van der Waals surface area contributed by atoms with Crippen LogP contribution in [0.4, 0.5) is 5.69 Å². The molecule has 0 unspecified atom stereocenters. The summed E-state index contributed by atoms with van der Waals surface area (Å²) in [6.07, 6.45) is 2.02. The van der Waals surface area contributed by atoms with E-state index >= 15 is 0 Å². The van der Waals surface area contributed by atoms with E-state index in [9.17, 15) is 4.79 Å². The fourth-order valence-electron chi connectivity index (χ4n) is 2.62. The molecule has 80 valence electrons. The molecule has 0 bridgehead atoms. The number of hydrogen-bond acceptors (Lipinski definition) is 3. The van der Waals surface area contributed by atoms with Crippen molar-refractivity contribution < 1.29 is 4.79 Å². The normalized spacial score (nSPS) is 30.7. The van der Waals surface area contributed by atoms with Gasteiger partial charge in [0.25, 0.3) is 0 Å². The first-order chi connectivity index (χ1) is 7.32. The van der Waals surface area contributed by atoms with Gasteiger partial charge in [-0.15, -0.1) is 0 Å². The third-order valence-electron chi connectivity index (χ3n) is 3.57. The molecule has 1 N–H and O–H groups in total. The van der Waals surface area contributed by atoms with Crippen LogP contribution in [0.25, 0.3) is 0 Å². The van der Waals surface area contributed by atoms with E-state index in [0.29, 0.717) is 5.91 Å². The Balaban J connectivity index is 1.88. The van der Waals surface area contributed by atoms with Crippen molar-refractivity contribution in [1.29, 1.82) is 0 Å². The first-order valence-corrected chi connectivity index (χ1v) is 6.31. The largest absolute Gasteiger partial charge is 0.316 e. The minimum absolute atomic E-state index is 0.0814. The predicted octanol–water partition coefficient (Wildman–Crippen LogP) is 1.46. The highest BCUT2D eigenvalue weighted by molar-refractivity contribution is 7.08. The van der Waals surface area contributed by atoms with Gasteiger partial charge in [0.2, 0.25) is 5.91 Å². The Hall–Kier alpha value is -0.870. The molecule has 2 aliphatic heterocycles. The number of anilines is 1. The monoisotopic (exact) mass is 222 g/mol. The molecule has 1 amide bonds. The maximum atomic E-state index is 12.3. The summed E-state index contributed by atoms with van der Waals surface area (Å²) in [7, 11) is 0. The Kier molecular flexibility index (Phi) is 2.07. The van der Waals surface area contributed by atoms with Crippen LogP contribution in [0.3, 0.4) is 0 Å². The molecule has 15 heavy (non-hydrogen) atoms. The maximum absolute atomic E-state index is 12.3. The van der Waals surface area contributed by atoms with Gasteiger partial charge in [-0.25, -0.2) is 0 Å². The zero-order valence-corrected chi connectivity index (χ0v) is 9.35. The van der Waals surface area contributed by atoms with E-state index in [1.807, 2.05) is 16.3 Å². The Morgan fingerprint density at radius 3 is 3.07 bits per heavy atom. The highest BCUT2D eigenvalue weighted by Gasteiger charge is 2.48. The van der Waals surface area contributed by atoms with Crippen LogP contribution in [0.5, 0.6) is 0 Å². The van der Waals surface area contributed by atoms with Crippen molar-refractivity contribution in [3.05, 3.63) is 16.8 Å². The van der Waals surface area contributed by atoms with Gasteiger partial charge < -0.3 is 10.2 Å². The van der Waals surface area contributed by atoms with Gasteiger partial charge in [0.15, 0.2) is 0 Å². The summed E-state index contributed by atoms with van der Waals surface area (Å²) >= 11 is 1.65. The van der Waals surface area contributed by atoms with Crippen LogP contribution in [-0.2, 0) is 4.79 Å². The van der Waals surface area contributed by atoms with Crippen LogP contribution in [0.15, 0.2) is 16.8 Å². The van der Waals surface area contributed by atoms with Gasteiger partial charge in [0.1, 0.15) is 0 Å². The summed E-state index contributed by atoms with van der Waals surface area (Å²) in [5.41, 5.74) is 0.996. The SMILES string of the molecule is O=C1N(c2ccsc2)CC[C@]12CCNC2. The van der Waals surface area contributed by atoms with Gasteiger partial charge >= 0.3 is 0 Å². The summed E-state index contributed by atoms with van der Waals surface area (Å²) in [5, 5.41) is 7.39. The molecule has 3 rings (SSSR count). The number of thiophene rings is 1. The van der Waals surface area contributed by atoms with Crippen LogP contribution in [0.2, 0.25) is 0 Å². The standard InChI is InChI=1S/C11H14N2OS/c14-10-11(2-4-12-8-11)3-5-13(10)9-1-6-15-7-9/h1,6-7,12H,2-5,8H2/t11-/m0/s1. The van der Waals surface area contributed by atoms with Crippen LogP contribution < -0.4 is 10.2 Å². The van der Waals surface area contributed by atoms with Gasteiger partial charge in [-0.2, -0.15) is 11.3 Å². The van der Waals surface area contributed by atoms with E-state index < -0.39 is 0 Å². The first kappa shape index (κ1) is 9.36. The molecule has 2 fully saturated rings. The molecule has 1 atom stereocenters. The van der Waals surface area contributed by atoms with Crippen molar-refractivity contribution >= 4 is 22.9 Å². The minimum Gasteiger partial charge on any atom is -0.316 e. The lowest BCUT2D eigenvalue weighted by atomic mass is 9.86. The summed E-state index contributed by atoms with van der Waals surface area (Å²) in [6, 6.07) is 2.03. The molecule has 3 heterocycles. The van der Waals surface area contributed by atoms with Crippen molar-refractivity contribution in [2.24, 2.45) is 5.41 Å². The van der Waals surface area contributed by atoms with E-state index in [-0.39, 0.29) is 5.41 Å². The molecule has 1 aromatic rings. The van der Waals surface area contributed by atoms with Crippen LogP contribution in [-0.4, -0.2) is 25.5 Å². The molecule has 1 aromatic heterocycles. The zero-order valence-electron chi connectivity index (χ0n) is 8.53. The number of carbonyl (C=O) groups excluding carboxylic acids is 1. The molecule has 4 heteroatoms. The van der Waals surface area contributed by atoms with Crippen molar-refractivity contribution in [3.63, 3.8) is 0 Å². The molecule has 0 radical (unpaired) electrons. The van der Waals surface area contributed by atoms with Crippen molar-refractivity contribution in [2.75, 3.05) is 24.5 Å². The lowest BCUT2D eigenvalue weighted by Gasteiger charge is -2.20. The van der Waals surface area contributed by atoms with Crippen LogP contribution in [0.1, 0.15) is 12.8 Å². The number of nitrogens with zero attached hydrogens (tertiary/aromatic N) is 1. The number of nitrogens with one attached hydrogen (secondary N) is 1. The fraction of sp³-hybridized carbons (Fsp3) is 0.545. The van der Waals surface area contributed by atoms with Gasteiger partial charge in [0.05, 0.1) is 11.1 Å². The van der Waals surface area contributed by atoms with E-state index in [2.05, 4.69) is 10.7 Å². The van der Waals surface area contributed by atoms with E-state index in [1.54, 1.807) is 11.3 Å². The number of carbonyl (C=O) groups is 1. The van der Waals surface area contributed by atoms with E-state index in [1.165, 1.54) is 0 Å². The third-order valence-corrected chi connectivity index (χ3v) is 4.25. The second kappa shape index (κ2) is 3.32. The number of hydrogen-bond donors (Lipinski definition) is 1. The van der Waals surface area contributed by atoms with Gasteiger partial charge in [-0.1, -0.05) is 0 Å². The molecule has 2 saturated heterocycles. The maximum Gasteiger partial charge on any atom is 0.234 e. The minimum atomic E-state index is -0.0814. The molecular formula is C11H14N2OS. The van der Waals surface area contributed by atoms with Gasteiger partial charge in [0, 0.05) is 18.5 Å².